The van der Waals surface area contributed by atoms with Gasteiger partial charge in [-0.3, -0.25) is 9.97 Å². The van der Waals surface area contributed by atoms with Crippen molar-refractivity contribution in [2.24, 2.45) is 11.8 Å². The van der Waals surface area contributed by atoms with E-state index in [1.54, 1.807) is 0 Å². The fraction of sp³-hybridized carbons (Fsp3) is 0.450. The highest BCUT2D eigenvalue weighted by atomic mass is 16.3. The summed E-state index contributed by atoms with van der Waals surface area (Å²) in [4.78, 5) is 18.6. The van der Waals surface area contributed by atoms with Gasteiger partial charge in [0.15, 0.2) is 0 Å². The number of pyridine rings is 2. The zero-order chi connectivity index (χ0) is 17.1. The summed E-state index contributed by atoms with van der Waals surface area (Å²) in [7, 11) is 0. The average Bonchev–Trinajstić information content (AvgIpc) is 3.48. The molecule has 4 atom stereocenters. The van der Waals surface area contributed by atoms with Crippen molar-refractivity contribution in [3.63, 3.8) is 0 Å². The molecule has 0 unspecified atom stereocenters. The Hall–Kier alpha value is -2.07. The van der Waals surface area contributed by atoms with Crippen LogP contribution in [0, 0.1) is 25.7 Å². The van der Waals surface area contributed by atoms with Crippen molar-refractivity contribution < 1.29 is 9.90 Å². The highest BCUT2D eigenvalue weighted by molar-refractivity contribution is 5.61. The van der Waals surface area contributed by atoms with Gasteiger partial charge in [0.2, 0.25) is 0 Å². The lowest BCUT2D eigenvalue weighted by Crippen LogP contribution is -1.90. The van der Waals surface area contributed by atoms with Gasteiger partial charge in [-0.15, -0.1) is 0 Å². The first-order valence-corrected chi connectivity index (χ1v) is 8.51. The lowest BCUT2D eigenvalue weighted by atomic mass is 10.1. The molecule has 2 aromatic heterocycles. The van der Waals surface area contributed by atoms with E-state index in [1.807, 2.05) is 38.6 Å². The van der Waals surface area contributed by atoms with Crippen molar-refractivity contribution in [3.8, 4) is 0 Å². The maximum Gasteiger partial charge on any atom is 0.123 e. The van der Waals surface area contributed by atoms with E-state index in [2.05, 4.69) is 22.1 Å². The Labute approximate surface area is 143 Å². The van der Waals surface area contributed by atoms with Gasteiger partial charge < -0.3 is 9.90 Å². The predicted octanol–water partition coefficient (Wildman–Crippen LogP) is 3.18. The second-order valence-corrected chi connectivity index (χ2v) is 7.02. The molecular weight excluding hydrogens is 300 g/mol. The number of aryl methyl sites for hydroxylation is 2. The number of rotatable bonds is 4. The zero-order valence-corrected chi connectivity index (χ0v) is 14.2. The van der Waals surface area contributed by atoms with Crippen LogP contribution in [0.2, 0.25) is 0 Å². The normalized spacial score (nSPS) is 27.0. The number of carbonyl (C=O) groups is 1. The van der Waals surface area contributed by atoms with Crippen LogP contribution in [-0.4, -0.2) is 28.0 Å². The molecule has 2 aliphatic rings. The Morgan fingerprint density at radius 3 is 2.00 bits per heavy atom. The topological polar surface area (TPSA) is 63.1 Å². The fourth-order valence-corrected chi connectivity index (χ4v) is 3.17. The van der Waals surface area contributed by atoms with Crippen LogP contribution in [0.4, 0.5) is 0 Å². The van der Waals surface area contributed by atoms with Crippen LogP contribution in [0.15, 0.2) is 36.9 Å². The van der Waals surface area contributed by atoms with E-state index in [4.69, 9.17) is 5.11 Å². The van der Waals surface area contributed by atoms with Crippen molar-refractivity contribution in [1.82, 2.24) is 9.97 Å². The summed E-state index contributed by atoms with van der Waals surface area (Å²) >= 11 is 0. The maximum absolute atomic E-state index is 10.4. The summed E-state index contributed by atoms with van der Waals surface area (Å²) in [5.74, 6) is 1.78. The molecule has 2 aliphatic carbocycles. The quantitative estimate of drug-likeness (QED) is 0.877. The number of aliphatic hydroxyl groups excluding tert-OH is 1. The van der Waals surface area contributed by atoms with Crippen LogP contribution in [0.3, 0.4) is 0 Å². The molecule has 2 aromatic rings. The van der Waals surface area contributed by atoms with E-state index >= 15 is 0 Å². The molecule has 126 valence electrons. The first-order valence-electron chi connectivity index (χ1n) is 8.51. The van der Waals surface area contributed by atoms with Gasteiger partial charge >= 0.3 is 0 Å². The van der Waals surface area contributed by atoms with E-state index in [-0.39, 0.29) is 5.92 Å². The molecule has 2 heterocycles. The molecule has 4 nitrogen and oxygen atoms in total. The number of aliphatic hydroxyl groups is 1. The molecule has 0 aliphatic heterocycles. The van der Waals surface area contributed by atoms with Crippen LogP contribution >= 0.6 is 0 Å². The summed E-state index contributed by atoms with van der Waals surface area (Å²) in [6.07, 6.45) is 10.7. The second-order valence-electron chi connectivity index (χ2n) is 7.02. The molecule has 0 aromatic carbocycles. The molecule has 2 saturated carbocycles. The third-order valence-electron chi connectivity index (χ3n) is 4.82. The second kappa shape index (κ2) is 7.22. The first kappa shape index (κ1) is 16.8. The van der Waals surface area contributed by atoms with Gasteiger partial charge in [0.05, 0.1) is 0 Å². The number of aromatic nitrogens is 2. The summed E-state index contributed by atoms with van der Waals surface area (Å²) in [6, 6.07) is 4.27. The lowest BCUT2D eigenvalue weighted by molar-refractivity contribution is -0.108. The van der Waals surface area contributed by atoms with Crippen molar-refractivity contribution in [1.29, 1.82) is 0 Å². The molecule has 0 amide bonds. The van der Waals surface area contributed by atoms with E-state index in [0.29, 0.717) is 24.4 Å². The Balaban J connectivity index is 0.000000141. The predicted molar refractivity (Wildman–Crippen MR) is 92.8 cm³/mol. The molecule has 4 rings (SSSR count). The van der Waals surface area contributed by atoms with E-state index in [1.165, 1.54) is 22.3 Å². The largest absolute Gasteiger partial charge is 0.396 e. The van der Waals surface area contributed by atoms with Gasteiger partial charge in [-0.25, -0.2) is 0 Å². The Morgan fingerprint density at radius 1 is 1.00 bits per heavy atom. The Kier molecular flexibility index (Phi) is 5.05. The van der Waals surface area contributed by atoms with E-state index < -0.39 is 0 Å². The summed E-state index contributed by atoms with van der Waals surface area (Å²) in [5, 5.41) is 8.89. The van der Waals surface area contributed by atoms with Crippen LogP contribution in [0.5, 0.6) is 0 Å². The minimum atomic E-state index is 0.258. The number of hydrogen-bond donors (Lipinski definition) is 1. The highest BCUT2D eigenvalue weighted by Gasteiger charge is 2.38. The van der Waals surface area contributed by atoms with E-state index in [0.717, 1.165) is 19.1 Å². The monoisotopic (exact) mass is 324 g/mol. The van der Waals surface area contributed by atoms with Crippen molar-refractivity contribution in [2.75, 3.05) is 6.61 Å². The molecule has 0 bridgehead atoms. The summed E-state index contributed by atoms with van der Waals surface area (Å²) < 4.78 is 0. The summed E-state index contributed by atoms with van der Waals surface area (Å²) in [6.45, 7) is 4.39. The Bertz CT molecular complexity index is 716. The lowest BCUT2D eigenvalue weighted by Gasteiger charge is -1.98. The average molecular weight is 324 g/mol. The van der Waals surface area contributed by atoms with Gasteiger partial charge in [-0.1, -0.05) is 12.1 Å². The smallest absolute Gasteiger partial charge is 0.123 e. The van der Waals surface area contributed by atoms with Crippen molar-refractivity contribution in [3.05, 3.63) is 59.2 Å². The summed E-state index contributed by atoms with van der Waals surface area (Å²) in [5.41, 5.74) is 4.88. The molecule has 0 spiro atoms. The third-order valence-corrected chi connectivity index (χ3v) is 4.82. The molecule has 0 saturated heterocycles. The van der Waals surface area contributed by atoms with Gasteiger partial charge in [-0.2, -0.15) is 0 Å². The van der Waals surface area contributed by atoms with Crippen LogP contribution in [-0.2, 0) is 4.79 Å². The molecule has 2 fully saturated rings. The Morgan fingerprint density at radius 2 is 1.58 bits per heavy atom. The molecule has 1 N–H and O–H groups in total. The van der Waals surface area contributed by atoms with Gasteiger partial charge in [0.1, 0.15) is 6.29 Å². The minimum Gasteiger partial charge on any atom is -0.396 e. The van der Waals surface area contributed by atoms with Crippen LogP contribution in [0.1, 0.15) is 46.9 Å². The molecule has 4 heteroatoms. The number of nitrogens with zero attached hydrogens (tertiary/aromatic N) is 2. The number of hydrogen-bond acceptors (Lipinski definition) is 4. The molecule has 0 radical (unpaired) electrons. The first-order chi connectivity index (χ1) is 11.6. The standard InChI is InChI=1S/C10H13NO.C10H11NO/c2*1-7-2-8(5-11-4-7)10-3-9(10)6-12/h2,4-5,9-10,12H,3,6H2,1H3;2,4-6,9-10H,3H2,1H3/t2*9-,10-/m11/s1. The van der Waals surface area contributed by atoms with Gasteiger partial charge in [-0.05, 0) is 66.7 Å². The van der Waals surface area contributed by atoms with Crippen molar-refractivity contribution in [2.45, 2.75) is 38.5 Å². The van der Waals surface area contributed by atoms with Gasteiger partial charge in [0, 0.05) is 37.3 Å². The highest BCUT2D eigenvalue weighted by Crippen LogP contribution is 2.47. The van der Waals surface area contributed by atoms with Crippen LogP contribution in [0.25, 0.3) is 0 Å². The SMILES string of the molecule is Cc1cncc([C@H]2C[C@@H]2C=O)c1.Cc1cncc([C@H]2C[C@@H]2CO)c1. The number of carbonyl (C=O) groups excluding carboxylic acids is 1. The fourth-order valence-electron chi connectivity index (χ4n) is 3.17. The minimum absolute atomic E-state index is 0.258. The van der Waals surface area contributed by atoms with Gasteiger partial charge in [0.25, 0.3) is 0 Å². The van der Waals surface area contributed by atoms with E-state index in [9.17, 15) is 4.79 Å². The maximum atomic E-state index is 10.4. The number of aldehydes is 1. The molecule has 24 heavy (non-hydrogen) atoms. The van der Waals surface area contributed by atoms with Crippen LogP contribution < -0.4 is 0 Å². The van der Waals surface area contributed by atoms with Crippen molar-refractivity contribution >= 4 is 6.29 Å². The third kappa shape index (κ3) is 4.06. The zero-order valence-electron chi connectivity index (χ0n) is 14.2. The molecular formula is C20H24N2O2.